The Morgan fingerprint density at radius 2 is 2.00 bits per heavy atom. The Morgan fingerprint density at radius 1 is 1.24 bits per heavy atom. The van der Waals surface area contributed by atoms with E-state index in [-0.39, 0.29) is 0 Å². The molecule has 0 spiro atoms. The quantitative estimate of drug-likeness (QED) is 0.865. The van der Waals surface area contributed by atoms with E-state index in [1.54, 1.807) is 0 Å². The first-order valence-corrected chi connectivity index (χ1v) is 9.00. The zero-order valence-electron chi connectivity index (χ0n) is 14.8. The average molecular weight is 296 g/mol. The molecule has 3 nitrogen and oxygen atoms in total. The second kappa shape index (κ2) is 7.43. The Kier molecular flexibility index (Phi) is 6.10. The van der Waals surface area contributed by atoms with Crippen LogP contribution in [0.15, 0.2) is 0 Å². The van der Waals surface area contributed by atoms with Gasteiger partial charge in [0.05, 0.1) is 6.10 Å². The van der Waals surface area contributed by atoms with Gasteiger partial charge in [0.15, 0.2) is 0 Å². The third kappa shape index (κ3) is 4.67. The fourth-order valence-corrected chi connectivity index (χ4v) is 4.16. The Morgan fingerprint density at radius 3 is 2.67 bits per heavy atom. The summed E-state index contributed by atoms with van der Waals surface area (Å²) in [5, 5.41) is 3.76. The lowest BCUT2D eigenvalue weighted by molar-refractivity contribution is 0.0308. The molecule has 1 saturated heterocycles. The Balaban J connectivity index is 2.08. The van der Waals surface area contributed by atoms with Gasteiger partial charge in [0.25, 0.3) is 0 Å². The van der Waals surface area contributed by atoms with E-state index < -0.39 is 0 Å². The molecule has 1 saturated carbocycles. The monoisotopic (exact) mass is 296 g/mol. The van der Waals surface area contributed by atoms with Crippen LogP contribution in [0.25, 0.3) is 0 Å². The zero-order chi connectivity index (χ0) is 15.5. The van der Waals surface area contributed by atoms with Gasteiger partial charge in [-0.3, -0.25) is 4.90 Å². The van der Waals surface area contributed by atoms with E-state index >= 15 is 0 Å². The summed E-state index contributed by atoms with van der Waals surface area (Å²) in [6, 6.07) is 1.35. The van der Waals surface area contributed by atoms with Gasteiger partial charge in [-0.2, -0.15) is 0 Å². The SMILES string of the molecule is CCNC1CCC(C(C)(C)C)CC1N1CCCOC(C)C1. The summed E-state index contributed by atoms with van der Waals surface area (Å²) < 4.78 is 5.85. The molecule has 0 amide bonds. The summed E-state index contributed by atoms with van der Waals surface area (Å²) in [5.41, 5.74) is 0.434. The minimum absolute atomic E-state index is 0.379. The van der Waals surface area contributed by atoms with E-state index in [2.05, 4.69) is 44.8 Å². The van der Waals surface area contributed by atoms with Crippen LogP contribution in [0.5, 0.6) is 0 Å². The first kappa shape index (κ1) is 17.2. The van der Waals surface area contributed by atoms with Gasteiger partial charge in [-0.15, -0.1) is 0 Å². The van der Waals surface area contributed by atoms with Gasteiger partial charge in [0, 0.05) is 31.8 Å². The standard InChI is InChI=1S/C18H36N2O/c1-6-19-16-9-8-15(18(3,4)5)12-17(16)20-10-7-11-21-14(2)13-20/h14-17,19H,6-13H2,1-5H3. The summed E-state index contributed by atoms with van der Waals surface area (Å²) in [6.07, 6.45) is 5.60. The summed E-state index contributed by atoms with van der Waals surface area (Å²) in [6.45, 7) is 16.0. The van der Waals surface area contributed by atoms with E-state index in [1.165, 1.54) is 32.2 Å². The maximum atomic E-state index is 5.85. The van der Waals surface area contributed by atoms with Gasteiger partial charge in [-0.1, -0.05) is 27.7 Å². The summed E-state index contributed by atoms with van der Waals surface area (Å²) in [4.78, 5) is 2.73. The number of rotatable bonds is 3. The number of nitrogens with one attached hydrogen (secondary N) is 1. The van der Waals surface area contributed by atoms with Crippen LogP contribution in [-0.4, -0.2) is 49.3 Å². The van der Waals surface area contributed by atoms with Crippen molar-refractivity contribution >= 4 is 0 Å². The summed E-state index contributed by atoms with van der Waals surface area (Å²) >= 11 is 0. The van der Waals surface area contributed by atoms with Crippen molar-refractivity contribution in [3.63, 3.8) is 0 Å². The Labute approximate surface area is 131 Å². The van der Waals surface area contributed by atoms with Crippen LogP contribution in [0.3, 0.4) is 0 Å². The molecule has 1 N–H and O–H groups in total. The number of likely N-dealkylation sites (N-methyl/N-ethyl adjacent to an activating group) is 1. The maximum Gasteiger partial charge on any atom is 0.0674 e. The average Bonchev–Trinajstić information content (AvgIpc) is 2.63. The molecule has 0 aromatic heterocycles. The number of ether oxygens (including phenoxy) is 1. The Hall–Kier alpha value is -0.120. The van der Waals surface area contributed by atoms with E-state index in [4.69, 9.17) is 4.74 Å². The fourth-order valence-electron chi connectivity index (χ4n) is 4.16. The maximum absolute atomic E-state index is 5.85. The van der Waals surface area contributed by atoms with Gasteiger partial charge in [-0.05, 0) is 50.5 Å². The van der Waals surface area contributed by atoms with Crippen molar-refractivity contribution in [3.05, 3.63) is 0 Å². The Bertz CT molecular complexity index is 313. The van der Waals surface area contributed by atoms with Crippen molar-refractivity contribution in [2.24, 2.45) is 11.3 Å². The largest absolute Gasteiger partial charge is 0.377 e. The zero-order valence-corrected chi connectivity index (χ0v) is 14.8. The molecule has 1 aliphatic heterocycles. The molecule has 4 unspecified atom stereocenters. The van der Waals surface area contributed by atoms with Gasteiger partial charge < -0.3 is 10.1 Å². The van der Waals surface area contributed by atoms with Gasteiger partial charge in [-0.25, -0.2) is 0 Å². The van der Waals surface area contributed by atoms with Gasteiger partial charge >= 0.3 is 0 Å². The van der Waals surface area contributed by atoms with Crippen LogP contribution in [0.4, 0.5) is 0 Å². The van der Waals surface area contributed by atoms with Crippen LogP contribution in [0, 0.1) is 11.3 Å². The van der Waals surface area contributed by atoms with E-state index in [1.807, 2.05) is 0 Å². The lowest BCUT2D eigenvalue weighted by atomic mass is 9.69. The third-order valence-corrected chi connectivity index (χ3v) is 5.46. The minimum atomic E-state index is 0.379. The topological polar surface area (TPSA) is 24.5 Å². The smallest absolute Gasteiger partial charge is 0.0674 e. The lowest BCUT2D eigenvalue weighted by Crippen LogP contribution is -2.55. The van der Waals surface area contributed by atoms with Crippen molar-refractivity contribution < 1.29 is 4.74 Å². The molecule has 4 atom stereocenters. The molecule has 124 valence electrons. The molecule has 0 bridgehead atoms. The van der Waals surface area contributed by atoms with Gasteiger partial charge in [0.2, 0.25) is 0 Å². The number of hydrogen-bond acceptors (Lipinski definition) is 3. The normalized spacial score (nSPS) is 36.4. The molecule has 1 heterocycles. The van der Waals surface area contributed by atoms with Crippen molar-refractivity contribution in [3.8, 4) is 0 Å². The van der Waals surface area contributed by atoms with E-state index in [9.17, 15) is 0 Å². The summed E-state index contributed by atoms with van der Waals surface area (Å²) in [7, 11) is 0. The molecule has 2 fully saturated rings. The van der Waals surface area contributed by atoms with Crippen molar-refractivity contribution in [2.45, 2.75) is 78.5 Å². The van der Waals surface area contributed by atoms with Crippen LogP contribution < -0.4 is 5.32 Å². The predicted octanol–water partition coefficient (Wildman–Crippen LogP) is 3.29. The van der Waals surface area contributed by atoms with Crippen LogP contribution in [0.2, 0.25) is 0 Å². The summed E-state index contributed by atoms with van der Waals surface area (Å²) in [5.74, 6) is 0.844. The minimum Gasteiger partial charge on any atom is -0.377 e. The first-order chi connectivity index (χ1) is 9.91. The molecule has 0 aromatic carbocycles. The van der Waals surface area contributed by atoms with Gasteiger partial charge in [0.1, 0.15) is 0 Å². The highest BCUT2D eigenvalue weighted by Crippen LogP contribution is 2.39. The van der Waals surface area contributed by atoms with Crippen molar-refractivity contribution in [1.82, 2.24) is 10.2 Å². The molecule has 3 heteroatoms. The molecule has 0 aromatic rings. The highest BCUT2D eigenvalue weighted by Gasteiger charge is 2.38. The first-order valence-electron chi connectivity index (χ1n) is 9.00. The van der Waals surface area contributed by atoms with Crippen LogP contribution >= 0.6 is 0 Å². The second-order valence-electron chi connectivity index (χ2n) is 8.14. The molecule has 0 radical (unpaired) electrons. The molecule has 21 heavy (non-hydrogen) atoms. The highest BCUT2D eigenvalue weighted by atomic mass is 16.5. The third-order valence-electron chi connectivity index (χ3n) is 5.46. The molecule has 1 aliphatic carbocycles. The predicted molar refractivity (Wildman–Crippen MR) is 89.7 cm³/mol. The highest BCUT2D eigenvalue weighted by molar-refractivity contribution is 4.94. The fraction of sp³-hybridized carbons (Fsp3) is 1.00. The lowest BCUT2D eigenvalue weighted by Gasteiger charge is -2.46. The molecule has 2 rings (SSSR count). The van der Waals surface area contributed by atoms with Crippen molar-refractivity contribution in [1.29, 1.82) is 0 Å². The molecular weight excluding hydrogens is 260 g/mol. The van der Waals surface area contributed by atoms with E-state index in [0.29, 0.717) is 23.6 Å². The molecular formula is C18H36N2O. The second-order valence-corrected chi connectivity index (χ2v) is 8.14. The van der Waals surface area contributed by atoms with E-state index in [0.717, 1.165) is 25.6 Å². The number of nitrogens with zero attached hydrogens (tertiary/aromatic N) is 1. The molecule has 2 aliphatic rings. The van der Waals surface area contributed by atoms with Crippen LogP contribution in [-0.2, 0) is 4.74 Å². The number of hydrogen-bond donors (Lipinski definition) is 1. The van der Waals surface area contributed by atoms with Crippen molar-refractivity contribution in [2.75, 3.05) is 26.2 Å². The van der Waals surface area contributed by atoms with Crippen LogP contribution in [0.1, 0.15) is 60.3 Å².